The van der Waals surface area contributed by atoms with Gasteiger partial charge in [0, 0.05) is 21.8 Å². The maximum absolute atomic E-state index is 11.8. The SMILES string of the molecule is Nc1cccc(OCCNC(=O)c2ccc(Br)cc2)c1. The van der Waals surface area contributed by atoms with Crippen molar-refractivity contribution >= 4 is 27.5 Å². The number of halogens is 1. The van der Waals surface area contributed by atoms with Crippen LogP contribution in [0.5, 0.6) is 5.75 Å². The van der Waals surface area contributed by atoms with E-state index in [2.05, 4.69) is 21.2 Å². The second kappa shape index (κ2) is 6.96. The Balaban J connectivity index is 1.76. The highest BCUT2D eigenvalue weighted by molar-refractivity contribution is 9.10. The molecule has 2 aromatic carbocycles. The highest BCUT2D eigenvalue weighted by atomic mass is 79.9. The third-order valence-electron chi connectivity index (χ3n) is 2.62. The van der Waals surface area contributed by atoms with E-state index < -0.39 is 0 Å². The second-order valence-corrected chi connectivity index (χ2v) is 5.10. The third-order valence-corrected chi connectivity index (χ3v) is 3.15. The second-order valence-electron chi connectivity index (χ2n) is 4.18. The lowest BCUT2D eigenvalue weighted by molar-refractivity contribution is 0.0947. The van der Waals surface area contributed by atoms with E-state index >= 15 is 0 Å². The highest BCUT2D eigenvalue weighted by Crippen LogP contribution is 2.14. The third kappa shape index (κ3) is 4.28. The number of anilines is 1. The van der Waals surface area contributed by atoms with Crippen LogP contribution in [0, 0.1) is 0 Å². The van der Waals surface area contributed by atoms with Gasteiger partial charge in [0.05, 0.1) is 6.54 Å². The summed E-state index contributed by atoms with van der Waals surface area (Å²) in [7, 11) is 0. The van der Waals surface area contributed by atoms with Gasteiger partial charge in [0.25, 0.3) is 5.91 Å². The van der Waals surface area contributed by atoms with Crippen LogP contribution in [0.25, 0.3) is 0 Å². The Hall–Kier alpha value is -2.01. The summed E-state index contributed by atoms with van der Waals surface area (Å²) in [5.74, 6) is 0.580. The molecule has 2 rings (SSSR count). The molecule has 0 saturated carbocycles. The van der Waals surface area contributed by atoms with Crippen molar-refractivity contribution in [3.05, 3.63) is 58.6 Å². The van der Waals surface area contributed by atoms with E-state index in [4.69, 9.17) is 10.5 Å². The fraction of sp³-hybridized carbons (Fsp3) is 0.133. The van der Waals surface area contributed by atoms with Crippen molar-refractivity contribution in [2.75, 3.05) is 18.9 Å². The topological polar surface area (TPSA) is 64.3 Å². The molecular weight excluding hydrogens is 320 g/mol. The molecule has 0 unspecified atom stereocenters. The fourth-order valence-corrected chi connectivity index (χ4v) is 1.91. The van der Waals surface area contributed by atoms with Crippen LogP contribution in [0.4, 0.5) is 5.69 Å². The Labute approximate surface area is 126 Å². The summed E-state index contributed by atoms with van der Waals surface area (Å²) in [4.78, 5) is 11.8. The first kappa shape index (κ1) is 14.4. The Kier molecular flexibility index (Phi) is 5.01. The number of nitrogens with one attached hydrogen (secondary N) is 1. The molecule has 3 N–H and O–H groups in total. The van der Waals surface area contributed by atoms with Gasteiger partial charge in [-0.3, -0.25) is 4.79 Å². The van der Waals surface area contributed by atoms with Crippen molar-refractivity contribution in [3.8, 4) is 5.75 Å². The molecule has 0 atom stereocenters. The molecule has 0 heterocycles. The van der Waals surface area contributed by atoms with Crippen molar-refractivity contribution in [2.24, 2.45) is 0 Å². The minimum atomic E-state index is -0.117. The number of carbonyl (C=O) groups is 1. The lowest BCUT2D eigenvalue weighted by Crippen LogP contribution is -2.28. The summed E-state index contributed by atoms with van der Waals surface area (Å²) in [6.45, 7) is 0.829. The zero-order chi connectivity index (χ0) is 14.4. The summed E-state index contributed by atoms with van der Waals surface area (Å²) in [5, 5.41) is 2.79. The lowest BCUT2D eigenvalue weighted by Gasteiger charge is -2.08. The number of nitrogens with two attached hydrogens (primary N) is 1. The van der Waals surface area contributed by atoms with E-state index in [1.807, 2.05) is 24.3 Å². The monoisotopic (exact) mass is 334 g/mol. The molecule has 0 aliphatic heterocycles. The van der Waals surface area contributed by atoms with Crippen LogP contribution >= 0.6 is 15.9 Å². The molecule has 0 aromatic heterocycles. The molecule has 0 fully saturated rings. The van der Waals surface area contributed by atoms with Crippen molar-refractivity contribution < 1.29 is 9.53 Å². The number of benzene rings is 2. The van der Waals surface area contributed by atoms with Gasteiger partial charge in [0.2, 0.25) is 0 Å². The van der Waals surface area contributed by atoms with Crippen molar-refractivity contribution in [1.29, 1.82) is 0 Å². The minimum Gasteiger partial charge on any atom is -0.492 e. The van der Waals surface area contributed by atoms with Crippen LogP contribution in [-0.4, -0.2) is 19.1 Å². The summed E-state index contributed by atoms with van der Waals surface area (Å²) >= 11 is 3.33. The standard InChI is InChI=1S/C15H15BrN2O2/c16-12-6-4-11(5-7-12)15(19)18-8-9-20-14-3-1-2-13(17)10-14/h1-7,10H,8-9,17H2,(H,18,19). The molecule has 0 aliphatic rings. The van der Waals surface area contributed by atoms with Crippen molar-refractivity contribution in [2.45, 2.75) is 0 Å². The van der Waals surface area contributed by atoms with Gasteiger partial charge in [-0.2, -0.15) is 0 Å². The summed E-state index contributed by atoms with van der Waals surface area (Å²) in [6, 6.07) is 14.4. The van der Waals surface area contributed by atoms with Gasteiger partial charge in [0.15, 0.2) is 0 Å². The number of carbonyl (C=O) groups excluding carboxylic acids is 1. The molecule has 20 heavy (non-hydrogen) atoms. The molecule has 4 nitrogen and oxygen atoms in total. The molecule has 0 aliphatic carbocycles. The van der Waals surface area contributed by atoms with Gasteiger partial charge in [-0.25, -0.2) is 0 Å². The van der Waals surface area contributed by atoms with E-state index in [0.717, 1.165) is 4.47 Å². The van der Waals surface area contributed by atoms with E-state index in [1.54, 1.807) is 24.3 Å². The molecule has 104 valence electrons. The Morgan fingerprint density at radius 1 is 1.20 bits per heavy atom. The molecule has 0 radical (unpaired) electrons. The Morgan fingerprint density at radius 2 is 1.95 bits per heavy atom. The molecule has 5 heteroatoms. The average molecular weight is 335 g/mol. The van der Waals surface area contributed by atoms with Crippen LogP contribution < -0.4 is 15.8 Å². The molecule has 1 amide bonds. The number of hydrogen-bond acceptors (Lipinski definition) is 3. The zero-order valence-electron chi connectivity index (χ0n) is 10.8. The predicted octanol–water partition coefficient (Wildman–Crippen LogP) is 2.84. The normalized spacial score (nSPS) is 10.1. The van der Waals surface area contributed by atoms with Gasteiger partial charge < -0.3 is 15.8 Å². The lowest BCUT2D eigenvalue weighted by atomic mass is 10.2. The van der Waals surface area contributed by atoms with Crippen LogP contribution in [0.1, 0.15) is 10.4 Å². The van der Waals surface area contributed by atoms with Gasteiger partial charge >= 0.3 is 0 Å². The largest absolute Gasteiger partial charge is 0.492 e. The number of hydrogen-bond donors (Lipinski definition) is 2. The van der Waals surface area contributed by atoms with Crippen LogP contribution in [-0.2, 0) is 0 Å². The first-order valence-corrected chi connectivity index (χ1v) is 6.96. The zero-order valence-corrected chi connectivity index (χ0v) is 12.4. The fourth-order valence-electron chi connectivity index (χ4n) is 1.64. The van der Waals surface area contributed by atoms with E-state index in [1.165, 1.54) is 0 Å². The Bertz CT molecular complexity index is 585. The minimum absolute atomic E-state index is 0.117. The van der Waals surface area contributed by atoms with Gasteiger partial charge in [-0.15, -0.1) is 0 Å². The smallest absolute Gasteiger partial charge is 0.251 e. The van der Waals surface area contributed by atoms with E-state index in [-0.39, 0.29) is 5.91 Å². The average Bonchev–Trinajstić information content (AvgIpc) is 2.44. The summed E-state index contributed by atoms with van der Waals surface area (Å²) in [5.41, 5.74) is 6.92. The Morgan fingerprint density at radius 3 is 2.65 bits per heavy atom. The molecular formula is C15H15BrN2O2. The van der Waals surface area contributed by atoms with Crippen LogP contribution in [0.15, 0.2) is 53.0 Å². The predicted molar refractivity (Wildman–Crippen MR) is 82.8 cm³/mol. The van der Waals surface area contributed by atoms with Crippen LogP contribution in [0.2, 0.25) is 0 Å². The van der Waals surface area contributed by atoms with Crippen LogP contribution in [0.3, 0.4) is 0 Å². The molecule has 0 spiro atoms. The maximum Gasteiger partial charge on any atom is 0.251 e. The summed E-state index contributed by atoms with van der Waals surface area (Å²) < 4.78 is 6.43. The quantitative estimate of drug-likeness (QED) is 0.652. The number of nitrogen functional groups attached to an aromatic ring is 1. The number of ether oxygens (including phenoxy) is 1. The molecule has 2 aromatic rings. The van der Waals surface area contributed by atoms with Crippen molar-refractivity contribution in [1.82, 2.24) is 5.32 Å². The first-order chi connectivity index (χ1) is 9.65. The number of rotatable bonds is 5. The van der Waals surface area contributed by atoms with Gasteiger partial charge in [-0.1, -0.05) is 22.0 Å². The molecule has 0 bridgehead atoms. The van der Waals surface area contributed by atoms with E-state index in [9.17, 15) is 4.79 Å². The van der Waals surface area contributed by atoms with Gasteiger partial charge in [-0.05, 0) is 36.4 Å². The number of amides is 1. The van der Waals surface area contributed by atoms with Gasteiger partial charge in [0.1, 0.15) is 12.4 Å². The summed E-state index contributed by atoms with van der Waals surface area (Å²) in [6.07, 6.45) is 0. The molecule has 0 saturated heterocycles. The van der Waals surface area contributed by atoms with Crippen molar-refractivity contribution in [3.63, 3.8) is 0 Å². The maximum atomic E-state index is 11.8. The van der Waals surface area contributed by atoms with E-state index in [0.29, 0.717) is 30.2 Å². The highest BCUT2D eigenvalue weighted by Gasteiger charge is 2.04. The first-order valence-electron chi connectivity index (χ1n) is 6.17.